The van der Waals surface area contributed by atoms with Crippen molar-refractivity contribution in [1.82, 2.24) is 3.97 Å². The monoisotopic (exact) mass is 335 g/mol. The summed E-state index contributed by atoms with van der Waals surface area (Å²) < 4.78 is 37.5. The first-order valence-electron chi connectivity index (χ1n) is 7.61. The lowest BCUT2D eigenvalue weighted by Crippen LogP contribution is -2.41. The molecule has 0 bridgehead atoms. The molecule has 0 radical (unpaired) electrons. The summed E-state index contributed by atoms with van der Waals surface area (Å²) in [5, 5.41) is 0.842. The third kappa shape index (κ3) is 2.51. The normalized spacial score (nSPS) is 20.3. The third-order valence-electron chi connectivity index (χ3n) is 4.91. The van der Waals surface area contributed by atoms with Gasteiger partial charge in [-0.15, -0.1) is 0 Å². The van der Waals surface area contributed by atoms with E-state index in [1.165, 1.54) is 10.2 Å². The second-order valence-electron chi connectivity index (χ2n) is 7.20. The van der Waals surface area contributed by atoms with Crippen molar-refractivity contribution in [3.63, 3.8) is 0 Å². The van der Waals surface area contributed by atoms with E-state index in [4.69, 9.17) is 9.31 Å². The van der Waals surface area contributed by atoms with Crippen molar-refractivity contribution < 1.29 is 17.7 Å². The van der Waals surface area contributed by atoms with Gasteiger partial charge < -0.3 is 9.31 Å². The predicted molar refractivity (Wildman–Crippen MR) is 92.6 cm³/mol. The lowest BCUT2D eigenvalue weighted by atomic mass is 9.76. The lowest BCUT2D eigenvalue weighted by molar-refractivity contribution is 0.00578. The van der Waals surface area contributed by atoms with Gasteiger partial charge >= 0.3 is 7.12 Å². The van der Waals surface area contributed by atoms with Gasteiger partial charge in [0, 0.05) is 11.6 Å². The van der Waals surface area contributed by atoms with Crippen LogP contribution in [0, 0.1) is 6.92 Å². The maximum atomic E-state index is 12.0. The van der Waals surface area contributed by atoms with E-state index >= 15 is 0 Å². The fourth-order valence-corrected chi connectivity index (χ4v) is 3.72. The summed E-state index contributed by atoms with van der Waals surface area (Å²) in [6, 6.07) is 5.67. The molecule has 1 aliphatic rings. The number of hydrogen-bond donors (Lipinski definition) is 0. The van der Waals surface area contributed by atoms with Gasteiger partial charge in [0.2, 0.25) is 10.0 Å². The van der Waals surface area contributed by atoms with Crippen LogP contribution in [0.15, 0.2) is 24.4 Å². The number of fused-ring (bicyclic) bond motifs is 1. The van der Waals surface area contributed by atoms with Gasteiger partial charge in [0.1, 0.15) is 0 Å². The maximum absolute atomic E-state index is 12.0. The molecule has 5 nitrogen and oxygen atoms in total. The molecule has 0 unspecified atom stereocenters. The van der Waals surface area contributed by atoms with Crippen molar-refractivity contribution in [3.05, 3.63) is 30.0 Å². The highest BCUT2D eigenvalue weighted by Crippen LogP contribution is 2.37. The van der Waals surface area contributed by atoms with Gasteiger partial charge in [-0.3, -0.25) is 0 Å². The minimum atomic E-state index is -3.36. The van der Waals surface area contributed by atoms with Crippen molar-refractivity contribution in [3.8, 4) is 0 Å². The van der Waals surface area contributed by atoms with Gasteiger partial charge in [-0.1, -0.05) is 12.1 Å². The van der Waals surface area contributed by atoms with Gasteiger partial charge in [-0.2, -0.15) is 0 Å². The maximum Gasteiger partial charge on any atom is 0.495 e. The van der Waals surface area contributed by atoms with Gasteiger partial charge in [0.25, 0.3) is 0 Å². The Labute approximate surface area is 137 Å². The second kappa shape index (κ2) is 4.85. The highest BCUT2D eigenvalue weighted by molar-refractivity contribution is 7.89. The lowest BCUT2D eigenvalue weighted by Gasteiger charge is -2.32. The molecule has 1 aromatic carbocycles. The largest absolute Gasteiger partial charge is 0.495 e. The molecule has 1 fully saturated rings. The molecule has 2 heterocycles. The Hall–Kier alpha value is -1.31. The average Bonchev–Trinajstić information content (AvgIpc) is 2.90. The molecule has 124 valence electrons. The summed E-state index contributed by atoms with van der Waals surface area (Å²) in [5.41, 5.74) is 1.56. The molecule has 23 heavy (non-hydrogen) atoms. The number of benzene rings is 1. The minimum absolute atomic E-state index is 0.436. The van der Waals surface area contributed by atoms with Crippen molar-refractivity contribution in [2.75, 3.05) is 6.26 Å². The Morgan fingerprint density at radius 3 is 2.13 bits per heavy atom. The molecule has 0 N–H and O–H groups in total. The van der Waals surface area contributed by atoms with Crippen molar-refractivity contribution >= 4 is 33.5 Å². The molecule has 0 amide bonds. The summed E-state index contributed by atoms with van der Waals surface area (Å²) in [5.74, 6) is 0. The van der Waals surface area contributed by atoms with E-state index in [1.807, 2.05) is 52.8 Å². The average molecular weight is 335 g/mol. The van der Waals surface area contributed by atoms with Crippen molar-refractivity contribution in [2.24, 2.45) is 0 Å². The number of nitrogens with zero attached hydrogens (tertiary/aromatic N) is 1. The van der Waals surface area contributed by atoms with Gasteiger partial charge in [0.05, 0.1) is 23.0 Å². The Kier molecular flexibility index (Phi) is 3.49. The van der Waals surface area contributed by atoms with E-state index in [9.17, 15) is 8.42 Å². The van der Waals surface area contributed by atoms with Gasteiger partial charge in [-0.25, -0.2) is 12.4 Å². The fraction of sp³-hybridized carbons (Fsp3) is 0.500. The van der Waals surface area contributed by atoms with E-state index in [0.29, 0.717) is 5.52 Å². The topological polar surface area (TPSA) is 57.5 Å². The van der Waals surface area contributed by atoms with Crippen LogP contribution in [-0.2, 0) is 19.3 Å². The number of hydrogen-bond acceptors (Lipinski definition) is 4. The Bertz CT molecular complexity index is 867. The van der Waals surface area contributed by atoms with E-state index in [2.05, 4.69) is 0 Å². The van der Waals surface area contributed by atoms with Crippen LogP contribution in [0.1, 0.15) is 33.3 Å². The highest BCUT2D eigenvalue weighted by atomic mass is 32.2. The molecule has 7 heteroatoms. The zero-order valence-electron chi connectivity index (χ0n) is 14.4. The fourth-order valence-electron chi connectivity index (χ4n) is 2.87. The molecule has 3 rings (SSSR count). The van der Waals surface area contributed by atoms with Crippen LogP contribution in [0.4, 0.5) is 0 Å². The minimum Gasteiger partial charge on any atom is -0.399 e. The third-order valence-corrected chi connectivity index (χ3v) is 5.93. The van der Waals surface area contributed by atoms with Crippen LogP contribution in [0.25, 0.3) is 10.9 Å². The van der Waals surface area contributed by atoms with E-state index in [-0.39, 0.29) is 0 Å². The Morgan fingerprint density at radius 1 is 1.04 bits per heavy atom. The summed E-state index contributed by atoms with van der Waals surface area (Å²) in [6.07, 6.45) is 2.79. The standard InChI is InChI=1S/C16H22BNO4S/c1-11-7-8-13(17-21-15(2,3)16(4,5)22-17)12-9-10-18(14(11)12)23(6,19)20/h7-10H,1-6H3. The van der Waals surface area contributed by atoms with E-state index in [1.54, 1.807) is 6.20 Å². The van der Waals surface area contributed by atoms with Crippen LogP contribution in [0.2, 0.25) is 0 Å². The summed E-state index contributed by atoms with van der Waals surface area (Å²) in [7, 11) is -3.87. The Morgan fingerprint density at radius 2 is 1.61 bits per heavy atom. The quantitative estimate of drug-likeness (QED) is 0.789. The summed E-state index contributed by atoms with van der Waals surface area (Å²) >= 11 is 0. The molecule has 0 atom stereocenters. The van der Waals surface area contributed by atoms with E-state index < -0.39 is 28.3 Å². The highest BCUT2D eigenvalue weighted by Gasteiger charge is 2.52. The van der Waals surface area contributed by atoms with E-state index in [0.717, 1.165) is 16.4 Å². The summed E-state index contributed by atoms with van der Waals surface area (Å²) in [6.45, 7) is 9.90. The smallest absolute Gasteiger partial charge is 0.399 e. The molecular weight excluding hydrogens is 313 g/mol. The zero-order valence-corrected chi connectivity index (χ0v) is 15.2. The molecule has 0 saturated carbocycles. The summed E-state index contributed by atoms with van der Waals surface area (Å²) in [4.78, 5) is 0. The molecule has 1 aromatic heterocycles. The first-order valence-corrected chi connectivity index (χ1v) is 9.46. The van der Waals surface area contributed by atoms with Crippen molar-refractivity contribution in [1.29, 1.82) is 0 Å². The van der Waals surface area contributed by atoms with Crippen LogP contribution in [0.5, 0.6) is 0 Å². The molecule has 0 aliphatic carbocycles. The first kappa shape index (κ1) is 16.5. The SMILES string of the molecule is Cc1ccc(B2OC(C)(C)C(C)(C)O2)c2ccn(S(C)(=O)=O)c12. The van der Waals surface area contributed by atoms with Gasteiger partial charge in [-0.05, 0) is 51.7 Å². The Balaban J connectivity index is 2.19. The number of rotatable bonds is 2. The molecular formula is C16H22BNO4S. The van der Waals surface area contributed by atoms with Crippen LogP contribution < -0.4 is 5.46 Å². The van der Waals surface area contributed by atoms with Crippen LogP contribution in [0.3, 0.4) is 0 Å². The second-order valence-corrected chi connectivity index (χ2v) is 9.06. The predicted octanol–water partition coefficient (Wildman–Crippen LogP) is 2.06. The molecule has 1 aliphatic heterocycles. The van der Waals surface area contributed by atoms with Crippen molar-refractivity contribution in [2.45, 2.75) is 45.8 Å². The number of aromatic nitrogens is 1. The molecule has 0 spiro atoms. The molecule has 1 saturated heterocycles. The zero-order chi connectivity index (χ0) is 17.2. The first-order chi connectivity index (χ1) is 10.4. The number of aryl methyl sites for hydroxylation is 1. The van der Waals surface area contributed by atoms with Crippen LogP contribution in [-0.4, -0.2) is 37.0 Å². The molecule has 2 aromatic rings. The van der Waals surface area contributed by atoms with Gasteiger partial charge in [0.15, 0.2) is 0 Å². The van der Waals surface area contributed by atoms with Crippen LogP contribution >= 0.6 is 0 Å².